The SMILES string of the molecule is COC(=O)c1c(CSc2ccccc2)ccc(-c2ccoc2)c1OC. The molecule has 1 aromatic heterocycles. The van der Waals surface area contributed by atoms with Gasteiger partial charge >= 0.3 is 5.97 Å². The van der Waals surface area contributed by atoms with Crippen molar-refractivity contribution in [2.75, 3.05) is 14.2 Å². The lowest BCUT2D eigenvalue weighted by Crippen LogP contribution is -2.09. The highest BCUT2D eigenvalue weighted by Crippen LogP contribution is 2.37. The van der Waals surface area contributed by atoms with E-state index in [-0.39, 0.29) is 0 Å². The molecule has 0 N–H and O–H groups in total. The molecule has 3 aromatic rings. The van der Waals surface area contributed by atoms with Crippen molar-refractivity contribution in [2.45, 2.75) is 10.6 Å². The van der Waals surface area contributed by atoms with Crippen LogP contribution in [-0.2, 0) is 10.5 Å². The van der Waals surface area contributed by atoms with Gasteiger partial charge in [-0.05, 0) is 23.8 Å². The number of carbonyl (C=O) groups is 1. The standard InChI is InChI=1S/C20H18O4S/c1-22-19-17(14-10-11-24-12-14)9-8-15(18(19)20(21)23-2)13-25-16-6-4-3-5-7-16/h3-12H,13H2,1-2H3. The highest BCUT2D eigenvalue weighted by molar-refractivity contribution is 7.98. The third-order valence-electron chi connectivity index (χ3n) is 3.81. The molecule has 0 saturated heterocycles. The highest BCUT2D eigenvalue weighted by atomic mass is 32.2. The number of hydrogen-bond acceptors (Lipinski definition) is 5. The van der Waals surface area contributed by atoms with Crippen molar-refractivity contribution in [2.24, 2.45) is 0 Å². The minimum absolute atomic E-state index is 0.411. The molecule has 0 bridgehead atoms. The molecule has 5 heteroatoms. The molecule has 0 spiro atoms. The van der Waals surface area contributed by atoms with E-state index in [9.17, 15) is 4.79 Å². The summed E-state index contributed by atoms with van der Waals surface area (Å²) in [5.74, 6) is 0.724. The van der Waals surface area contributed by atoms with E-state index >= 15 is 0 Å². The van der Waals surface area contributed by atoms with E-state index in [0.29, 0.717) is 17.1 Å². The van der Waals surface area contributed by atoms with E-state index in [4.69, 9.17) is 13.9 Å². The van der Waals surface area contributed by atoms with Crippen LogP contribution in [0.25, 0.3) is 11.1 Å². The van der Waals surface area contributed by atoms with Crippen LogP contribution in [0.1, 0.15) is 15.9 Å². The summed E-state index contributed by atoms with van der Waals surface area (Å²) in [7, 11) is 2.93. The Morgan fingerprint density at radius 1 is 1.08 bits per heavy atom. The maximum Gasteiger partial charge on any atom is 0.341 e. The van der Waals surface area contributed by atoms with Gasteiger partial charge in [-0.1, -0.05) is 30.3 Å². The molecule has 0 atom stereocenters. The van der Waals surface area contributed by atoms with Crippen LogP contribution >= 0.6 is 11.8 Å². The van der Waals surface area contributed by atoms with Crippen LogP contribution in [-0.4, -0.2) is 20.2 Å². The second-order valence-electron chi connectivity index (χ2n) is 5.29. The zero-order valence-electron chi connectivity index (χ0n) is 14.0. The molecule has 3 rings (SSSR count). The van der Waals surface area contributed by atoms with Gasteiger partial charge in [0.2, 0.25) is 0 Å². The number of carbonyl (C=O) groups excluding carboxylic acids is 1. The van der Waals surface area contributed by atoms with Gasteiger partial charge in [0.25, 0.3) is 0 Å². The third kappa shape index (κ3) is 3.72. The van der Waals surface area contributed by atoms with E-state index < -0.39 is 5.97 Å². The first-order chi connectivity index (χ1) is 12.2. The number of esters is 1. The molecular formula is C20H18O4S. The van der Waals surface area contributed by atoms with E-state index in [0.717, 1.165) is 21.6 Å². The Balaban J connectivity index is 2.01. The first-order valence-electron chi connectivity index (χ1n) is 7.73. The van der Waals surface area contributed by atoms with E-state index in [2.05, 4.69) is 0 Å². The highest BCUT2D eigenvalue weighted by Gasteiger charge is 2.22. The van der Waals surface area contributed by atoms with Crippen LogP contribution in [0.4, 0.5) is 0 Å². The molecule has 4 nitrogen and oxygen atoms in total. The quantitative estimate of drug-likeness (QED) is 0.459. The van der Waals surface area contributed by atoms with Crippen molar-refractivity contribution in [1.82, 2.24) is 0 Å². The smallest absolute Gasteiger partial charge is 0.341 e. The zero-order valence-corrected chi connectivity index (χ0v) is 14.8. The average molecular weight is 354 g/mol. The molecule has 0 unspecified atom stereocenters. The number of thioether (sulfide) groups is 1. The molecule has 1 heterocycles. The first kappa shape index (κ1) is 17.2. The number of benzene rings is 2. The zero-order chi connectivity index (χ0) is 17.6. The second-order valence-corrected chi connectivity index (χ2v) is 6.33. The van der Waals surface area contributed by atoms with Gasteiger partial charge in [0, 0.05) is 21.8 Å². The molecule has 0 aliphatic carbocycles. The van der Waals surface area contributed by atoms with Crippen LogP contribution in [0, 0.1) is 0 Å². The van der Waals surface area contributed by atoms with Crippen LogP contribution in [0.2, 0.25) is 0 Å². The normalized spacial score (nSPS) is 10.5. The minimum atomic E-state index is -0.411. The fourth-order valence-electron chi connectivity index (χ4n) is 2.60. The summed E-state index contributed by atoms with van der Waals surface area (Å²) in [6, 6.07) is 15.8. The Morgan fingerprint density at radius 2 is 1.88 bits per heavy atom. The van der Waals surface area contributed by atoms with Gasteiger partial charge in [0.1, 0.15) is 11.3 Å². The molecule has 128 valence electrons. The number of methoxy groups -OCH3 is 2. The van der Waals surface area contributed by atoms with Crippen LogP contribution < -0.4 is 4.74 Å². The Morgan fingerprint density at radius 3 is 2.52 bits per heavy atom. The predicted octanol–water partition coefficient (Wildman–Crippen LogP) is 5.03. The molecule has 0 saturated carbocycles. The lowest BCUT2D eigenvalue weighted by Gasteiger charge is -2.15. The van der Waals surface area contributed by atoms with E-state index in [1.165, 1.54) is 7.11 Å². The summed E-state index contributed by atoms with van der Waals surface area (Å²) < 4.78 is 15.7. The Bertz CT molecular complexity index is 842. The largest absolute Gasteiger partial charge is 0.495 e. The third-order valence-corrected chi connectivity index (χ3v) is 4.87. The summed E-state index contributed by atoms with van der Waals surface area (Å²) in [6.45, 7) is 0. The number of rotatable bonds is 6. The van der Waals surface area contributed by atoms with E-state index in [1.54, 1.807) is 31.4 Å². The maximum absolute atomic E-state index is 12.4. The lowest BCUT2D eigenvalue weighted by molar-refractivity contribution is 0.0596. The Kier molecular flexibility index (Phi) is 5.46. The molecule has 0 aliphatic rings. The number of furan rings is 1. The molecule has 2 aromatic carbocycles. The van der Waals surface area contributed by atoms with Gasteiger partial charge in [-0.3, -0.25) is 0 Å². The molecule has 0 aliphatic heterocycles. The van der Waals surface area contributed by atoms with Gasteiger partial charge in [0.15, 0.2) is 0 Å². The maximum atomic E-state index is 12.4. The monoisotopic (exact) mass is 354 g/mol. The summed E-state index contributed by atoms with van der Waals surface area (Å²) in [5, 5.41) is 0. The van der Waals surface area contributed by atoms with Crippen molar-refractivity contribution in [3.8, 4) is 16.9 Å². The fraction of sp³-hybridized carbons (Fsp3) is 0.150. The van der Waals surface area contributed by atoms with Crippen molar-refractivity contribution in [3.63, 3.8) is 0 Å². The summed E-state index contributed by atoms with van der Waals surface area (Å²) in [5.41, 5.74) is 2.96. The first-order valence-corrected chi connectivity index (χ1v) is 8.71. The number of ether oxygens (including phenoxy) is 2. The van der Waals surface area contributed by atoms with Gasteiger partial charge in [-0.15, -0.1) is 11.8 Å². The molecule has 0 radical (unpaired) electrons. The van der Waals surface area contributed by atoms with Crippen LogP contribution in [0.5, 0.6) is 5.75 Å². The van der Waals surface area contributed by atoms with Gasteiger partial charge in [-0.2, -0.15) is 0 Å². The summed E-state index contributed by atoms with van der Waals surface area (Å²) >= 11 is 1.66. The van der Waals surface area contributed by atoms with Gasteiger partial charge < -0.3 is 13.9 Å². The van der Waals surface area contributed by atoms with Crippen molar-refractivity contribution in [3.05, 3.63) is 72.2 Å². The van der Waals surface area contributed by atoms with Crippen LogP contribution in [0.15, 0.2) is 70.4 Å². The Labute approximate surface area is 150 Å². The predicted molar refractivity (Wildman–Crippen MR) is 98.0 cm³/mol. The van der Waals surface area contributed by atoms with E-state index in [1.807, 2.05) is 48.5 Å². The van der Waals surface area contributed by atoms with Crippen LogP contribution in [0.3, 0.4) is 0 Å². The molecular weight excluding hydrogens is 336 g/mol. The molecule has 25 heavy (non-hydrogen) atoms. The lowest BCUT2D eigenvalue weighted by atomic mass is 9.99. The summed E-state index contributed by atoms with van der Waals surface area (Å²) in [4.78, 5) is 13.5. The minimum Gasteiger partial charge on any atom is -0.495 e. The van der Waals surface area contributed by atoms with Gasteiger partial charge in [-0.25, -0.2) is 4.79 Å². The van der Waals surface area contributed by atoms with Crippen molar-refractivity contribution >= 4 is 17.7 Å². The fourth-order valence-corrected chi connectivity index (χ4v) is 3.52. The van der Waals surface area contributed by atoms with Crippen molar-refractivity contribution in [1.29, 1.82) is 0 Å². The van der Waals surface area contributed by atoms with Crippen molar-refractivity contribution < 1.29 is 18.7 Å². The second kappa shape index (κ2) is 7.94. The molecule has 0 fully saturated rings. The summed E-state index contributed by atoms with van der Waals surface area (Å²) in [6.07, 6.45) is 3.21. The Hall–Kier alpha value is -2.66. The topological polar surface area (TPSA) is 48.7 Å². The van der Waals surface area contributed by atoms with Gasteiger partial charge in [0.05, 0.1) is 26.7 Å². The average Bonchev–Trinajstić information content (AvgIpc) is 3.20. The number of hydrogen-bond donors (Lipinski definition) is 0. The molecule has 0 amide bonds.